The van der Waals surface area contributed by atoms with E-state index in [1.165, 1.54) is 6.92 Å². The number of rotatable bonds is 11. The Labute approximate surface area is 112 Å². The normalized spacial score (nSPS) is 10.1. The topological polar surface area (TPSA) is 71.1 Å². The van der Waals surface area contributed by atoms with Gasteiger partial charge in [0.2, 0.25) is 0 Å². The monoisotopic (exact) mass is 280 g/mol. The van der Waals surface area contributed by atoms with E-state index in [1.54, 1.807) is 0 Å². The molecule has 0 fully saturated rings. The average molecular weight is 280 g/mol. The van der Waals surface area contributed by atoms with Gasteiger partial charge in [-0.05, 0) is 0 Å². The fourth-order valence-electron chi connectivity index (χ4n) is 0.944. The minimum Gasteiger partial charge on any atom is -0.463 e. The van der Waals surface area contributed by atoms with E-state index in [9.17, 15) is 9.59 Å². The highest BCUT2D eigenvalue weighted by Gasteiger charge is 2.00. The lowest BCUT2D eigenvalue weighted by molar-refractivity contribution is -0.145. The third-order valence-electron chi connectivity index (χ3n) is 1.71. The molecule has 0 aliphatic rings. The van der Waals surface area contributed by atoms with Crippen molar-refractivity contribution in [3.63, 3.8) is 0 Å². The molecule has 0 aromatic rings. The molecule has 0 N–H and O–H groups in total. The van der Waals surface area contributed by atoms with Crippen LogP contribution in [0.5, 0.6) is 0 Å². The smallest absolute Gasteiger partial charge is 0.306 e. The number of ether oxygens (including phenoxy) is 4. The molecule has 0 aliphatic heterocycles. The van der Waals surface area contributed by atoms with Gasteiger partial charge in [-0.25, -0.2) is 0 Å². The molecule has 18 heavy (non-hydrogen) atoms. The van der Waals surface area contributed by atoms with Crippen LogP contribution >= 0.6 is 12.6 Å². The van der Waals surface area contributed by atoms with Crippen molar-refractivity contribution in [3.05, 3.63) is 0 Å². The minimum absolute atomic E-state index is 0.236. The van der Waals surface area contributed by atoms with Crippen LogP contribution in [0.1, 0.15) is 13.3 Å². The predicted molar refractivity (Wildman–Crippen MR) is 67.7 cm³/mol. The molecule has 0 amide bonds. The van der Waals surface area contributed by atoms with E-state index in [0.29, 0.717) is 38.6 Å². The average Bonchev–Trinajstić information content (AvgIpc) is 2.31. The van der Waals surface area contributed by atoms with Crippen molar-refractivity contribution >= 4 is 24.6 Å². The Morgan fingerprint density at radius 3 is 1.89 bits per heavy atom. The summed E-state index contributed by atoms with van der Waals surface area (Å²) in [5, 5.41) is 0. The Bertz CT molecular complexity index is 234. The molecule has 0 radical (unpaired) electrons. The molecule has 0 rings (SSSR count). The van der Waals surface area contributed by atoms with E-state index in [2.05, 4.69) is 17.4 Å². The number of esters is 2. The van der Waals surface area contributed by atoms with Gasteiger partial charge in [-0.3, -0.25) is 9.59 Å². The number of hydrogen-bond donors (Lipinski definition) is 1. The molecular weight excluding hydrogens is 260 g/mol. The number of carbonyl (C=O) groups excluding carboxylic acids is 2. The number of carbonyl (C=O) groups is 2. The second-order valence-electron chi connectivity index (χ2n) is 3.26. The third kappa shape index (κ3) is 13.3. The number of thiol groups is 1. The molecule has 0 aliphatic carbocycles. The minimum atomic E-state index is -0.321. The molecule has 0 aromatic heterocycles. The molecule has 0 saturated heterocycles. The van der Waals surface area contributed by atoms with E-state index < -0.39 is 0 Å². The fourth-order valence-corrected chi connectivity index (χ4v) is 1.13. The zero-order chi connectivity index (χ0) is 13.6. The summed E-state index contributed by atoms with van der Waals surface area (Å²) >= 11 is 3.91. The Morgan fingerprint density at radius 2 is 1.39 bits per heavy atom. The largest absolute Gasteiger partial charge is 0.463 e. The zero-order valence-corrected chi connectivity index (χ0v) is 11.4. The van der Waals surface area contributed by atoms with E-state index >= 15 is 0 Å². The van der Waals surface area contributed by atoms with Crippen molar-refractivity contribution < 1.29 is 28.5 Å². The van der Waals surface area contributed by atoms with Crippen molar-refractivity contribution in [1.82, 2.24) is 0 Å². The maximum atomic E-state index is 10.9. The molecule has 0 bridgehead atoms. The fraction of sp³-hybridized carbons (Fsp3) is 0.818. The molecule has 0 heterocycles. The second kappa shape index (κ2) is 12.7. The highest BCUT2D eigenvalue weighted by Crippen LogP contribution is 1.89. The summed E-state index contributed by atoms with van der Waals surface area (Å²) in [5.41, 5.74) is 0. The summed E-state index contributed by atoms with van der Waals surface area (Å²) in [5.74, 6) is -0.111. The van der Waals surface area contributed by atoms with Crippen LogP contribution in [0.25, 0.3) is 0 Å². The van der Waals surface area contributed by atoms with Gasteiger partial charge in [-0.1, -0.05) is 0 Å². The highest BCUT2D eigenvalue weighted by molar-refractivity contribution is 7.80. The lowest BCUT2D eigenvalue weighted by Crippen LogP contribution is -2.14. The van der Waals surface area contributed by atoms with Gasteiger partial charge in [0.1, 0.15) is 13.2 Å². The molecule has 106 valence electrons. The molecule has 7 heteroatoms. The van der Waals surface area contributed by atoms with Crippen LogP contribution in [0.2, 0.25) is 0 Å². The quantitative estimate of drug-likeness (QED) is 0.336. The Kier molecular flexibility index (Phi) is 12.1. The number of hydrogen-bond acceptors (Lipinski definition) is 7. The van der Waals surface area contributed by atoms with Crippen LogP contribution in [-0.2, 0) is 28.5 Å². The van der Waals surface area contributed by atoms with Crippen molar-refractivity contribution in [1.29, 1.82) is 0 Å². The van der Waals surface area contributed by atoms with E-state index in [-0.39, 0.29) is 25.2 Å². The summed E-state index contributed by atoms with van der Waals surface area (Å²) in [6.07, 6.45) is 0.308. The molecule has 0 spiro atoms. The zero-order valence-electron chi connectivity index (χ0n) is 10.6. The van der Waals surface area contributed by atoms with E-state index in [4.69, 9.17) is 14.2 Å². The maximum Gasteiger partial charge on any atom is 0.306 e. The van der Waals surface area contributed by atoms with Gasteiger partial charge in [0.05, 0.1) is 32.8 Å². The SMILES string of the molecule is CC(=O)OCCOCCOCCOC(=O)CCS. The van der Waals surface area contributed by atoms with Crippen LogP contribution in [0.3, 0.4) is 0 Å². The Morgan fingerprint density at radius 1 is 0.889 bits per heavy atom. The third-order valence-corrected chi connectivity index (χ3v) is 1.94. The van der Waals surface area contributed by atoms with Gasteiger partial charge < -0.3 is 18.9 Å². The summed E-state index contributed by atoms with van der Waals surface area (Å²) in [7, 11) is 0. The molecule has 0 aromatic carbocycles. The predicted octanol–water partition coefficient (Wildman–Crippen LogP) is 0.446. The first-order valence-corrected chi connectivity index (χ1v) is 6.35. The van der Waals surface area contributed by atoms with Crippen LogP contribution in [0.4, 0.5) is 0 Å². The van der Waals surface area contributed by atoms with E-state index in [0.717, 1.165) is 0 Å². The van der Waals surface area contributed by atoms with Gasteiger partial charge in [0, 0.05) is 12.7 Å². The van der Waals surface area contributed by atoms with Gasteiger partial charge in [-0.2, -0.15) is 12.6 Å². The first-order chi connectivity index (χ1) is 8.66. The molecule has 6 nitrogen and oxygen atoms in total. The standard InChI is InChI=1S/C11H20O6S/c1-10(12)16-7-5-14-3-4-15-6-8-17-11(13)2-9-18/h18H,2-9H2,1H3. The Balaban J connectivity index is 3.07. The van der Waals surface area contributed by atoms with Crippen LogP contribution < -0.4 is 0 Å². The van der Waals surface area contributed by atoms with Gasteiger partial charge in [0.25, 0.3) is 0 Å². The highest BCUT2D eigenvalue weighted by atomic mass is 32.1. The Hall–Kier alpha value is -0.790. The molecule has 0 atom stereocenters. The van der Waals surface area contributed by atoms with Crippen LogP contribution in [-0.4, -0.2) is 57.3 Å². The molecule has 0 saturated carbocycles. The molecular formula is C11H20O6S. The summed E-state index contributed by atoms with van der Waals surface area (Å²) in [6, 6.07) is 0. The van der Waals surface area contributed by atoms with Crippen molar-refractivity contribution in [2.24, 2.45) is 0 Å². The summed E-state index contributed by atoms with van der Waals surface area (Å²) < 4.78 is 19.8. The lowest BCUT2D eigenvalue weighted by atomic mass is 10.5. The summed E-state index contributed by atoms with van der Waals surface area (Å²) in [4.78, 5) is 21.3. The van der Waals surface area contributed by atoms with Crippen molar-refractivity contribution in [2.75, 3.05) is 45.4 Å². The van der Waals surface area contributed by atoms with Crippen LogP contribution in [0, 0.1) is 0 Å². The summed E-state index contributed by atoms with van der Waals surface area (Å²) in [6.45, 7) is 3.33. The van der Waals surface area contributed by atoms with Crippen molar-refractivity contribution in [3.8, 4) is 0 Å². The van der Waals surface area contributed by atoms with Crippen LogP contribution in [0.15, 0.2) is 0 Å². The lowest BCUT2D eigenvalue weighted by Gasteiger charge is -2.06. The maximum absolute atomic E-state index is 10.9. The molecule has 0 unspecified atom stereocenters. The first kappa shape index (κ1) is 17.2. The van der Waals surface area contributed by atoms with E-state index in [1.807, 2.05) is 0 Å². The van der Waals surface area contributed by atoms with Gasteiger partial charge in [0.15, 0.2) is 0 Å². The second-order valence-corrected chi connectivity index (χ2v) is 3.71. The first-order valence-electron chi connectivity index (χ1n) is 5.72. The van der Waals surface area contributed by atoms with Gasteiger partial charge in [-0.15, -0.1) is 0 Å². The van der Waals surface area contributed by atoms with Gasteiger partial charge >= 0.3 is 11.9 Å². The van der Waals surface area contributed by atoms with Crippen molar-refractivity contribution in [2.45, 2.75) is 13.3 Å².